The van der Waals surface area contributed by atoms with Crippen molar-refractivity contribution in [1.82, 2.24) is 0 Å². The van der Waals surface area contributed by atoms with Crippen LogP contribution in [0.15, 0.2) is 24.3 Å². The van der Waals surface area contributed by atoms with Gasteiger partial charge in [0.15, 0.2) is 6.04 Å². The number of benzene rings is 1. The second kappa shape index (κ2) is 4.98. The number of methoxy groups -OCH3 is 1. The molecule has 0 spiro atoms. The van der Waals surface area contributed by atoms with E-state index in [1.165, 1.54) is 10.5 Å². The van der Waals surface area contributed by atoms with Gasteiger partial charge in [0.1, 0.15) is 12.3 Å². The maximum Gasteiger partial charge on any atom is 0.162 e. The molecule has 0 bridgehead atoms. The lowest BCUT2D eigenvalue weighted by molar-refractivity contribution is -0.899. The number of likely N-dealkylation sites (N-methyl/N-ethyl adjacent to an activating group) is 1. The summed E-state index contributed by atoms with van der Waals surface area (Å²) in [6, 6.07) is 8.66. The lowest BCUT2D eigenvalue weighted by atomic mass is 10.1. The van der Waals surface area contributed by atoms with Crippen LogP contribution < -0.4 is 15.4 Å². The molecule has 1 aromatic carbocycles. The summed E-state index contributed by atoms with van der Waals surface area (Å²) in [5.41, 5.74) is 5.27. The standard InChI is InChI=1S/C11H18N2O/c1-13(2)11(8-12)9-5-4-6-10(7-9)14-3/h4-7,11H,8,12H2,1-3H3/p+2/t11-/m1/s1. The molecule has 1 aromatic rings. The molecule has 14 heavy (non-hydrogen) atoms. The third-order valence-corrected chi connectivity index (χ3v) is 2.48. The molecule has 1 atom stereocenters. The number of quaternary nitrogens is 2. The van der Waals surface area contributed by atoms with Gasteiger partial charge >= 0.3 is 0 Å². The number of hydrogen-bond donors (Lipinski definition) is 2. The number of ether oxygens (including phenoxy) is 1. The van der Waals surface area contributed by atoms with Crippen molar-refractivity contribution in [2.45, 2.75) is 6.04 Å². The maximum atomic E-state index is 5.20. The molecule has 4 N–H and O–H groups in total. The first-order chi connectivity index (χ1) is 6.69. The highest BCUT2D eigenvalue weighted by Crippen LogP contribution is 2.16. The van der Waals surface area contributed by atoms with Gasteiger partial charge in [0.25, 0.3) is 0 Å². The molecule has 0 radical (unpaired) electrons. The number of nitrogens with one attached hydrogen (secondary N) is 1. The number of hydrogen-bond acceptors (Lipinski definition) is 1. The predicted molar refractivity (Wildman–Crippen MR) is 56.3 cm³/mol. The van der Waals surface area contributed by atoms with Crippen molar-refractivity contribution in [1.29, 1.82) is 0 Å². The van der Waals surface area contributed by atoms with Crippen LogP contribution in [0, 0.1) is 0 Å². The van der Waals surface area contributed by atoms with Crippen molar-refractivity contribution in [2.24, 2.45) is 0 Å². The van der Waals surface area contributed by atoms with Crippen LogP contribution in [0.2, 0.25) is 0 Å². The van der Waals surface area contributed by atoms with Gasteiger partial charge in [-0.1, -0.05) is 12.1 Å². The fourth-order valence-electron chi connectivity index (χ4n) is 1.65. The highest BCUT2D eigenvalue weighted by molar-refractivity contribution is 5.29. The van der Waals surface area contributed by atoms with Gasteiger partial charge in [0, 0.05) is 5.56 Å². The molecule has 0 amide bonds. The molecule has 78 valence electrons. The molecule has 0 aromatic heterocycles. The van der Waals surface area contributed by atoms with Crippen LogP contribution in [0.3, 0.4) is 0 Å². The maximum absolute atomic E-state index is 5.20. The average Bonchev–Trinajstić information content (AvgIpc) is 2.19. The van der Waals surface area contributed by atoms with Crippen LogP contribution >= 0.6 is 0 Å². The van der Waals surface area contributed by atoms with E-state index in [1.807, 2.05) is 12.1 Å². The first kappa shape index (κ1) is 11.0. The Kier molecular flexibility index (Phi) is 3.92. The van der Waals surface area contributed by atoms with E-state index in [0.29, 0.717) is 6.04 Å². The van der Waals surface area contributed by atoms with Gasteiger partial charge in [-0.05, 0) is 12.1 Å². The van der Waals surface area contributed by atoms with Crippen molar-refractivity contribution in [3.63, 3.8) is 0 Å². The van der Waals surface area contributed by atoms with E-state index in [9.17, 15) is 0 Å². The summed E-state index contributed by atoms with van der Waals surface area (Å²) in [6.45, 7) is 0.898. The normalized spacial score (nSPS) is 12.9. The van der Waals surface area contributed by atoms with Crippen molar-refractivity contribution < 1.29 is 15.4 Å². The molecule has 3 nitrogen and oxygen atoms in total. The third-order valence-electron chi connectivity index (χ3n) is 2.48. The molecule has 3 heteroatoms. The summed E-state index contributed by atoms with van der Waals surface area (Å²) < 4.78 is 5.20. The molecular formula is C11H20N2O+2. The van der Waals surface area contributed by atoms with E-state index in [1.54, 1.807) is 7.11 Å². The molecule has 0 aliphatic heterocycles. The lowest BCUT2D eigenvalue weighted by Gasteiger charge is -2.18. The van der Waals surface area contributed by atoms with Crippen LogP contribution in [0.5, 0.6) is 5.75 Å². The van der Waals surface area contributed by atoms with Crippen LogP contribution in [0.4, 0.5) is 0 Å². The van der Waals surface area contributed by atoms with E-state index in [4.69, 9.17) is 4.74 Å². The lowest BCUT2D eigenvalue weighted by Crippen LogP contribution is -3.07. The minimum absolute atomic E-state index is 0.449. The second-order valence-corrected chi connectivity index (χ2v) is 3.70. The quantitative estimate of drug-likeness (QED) is 0.645. The van der Waals surface area contributed by atoms with E-state index in [-0.39, 0.29) is 0 Å². The van der Waals surface area contributed by atoms with E-state index in [2.05, 4.69) is 32.0 Å². The zero-order chi connectivity index (χ0) is 10.6. The molecule has 0 fully saturated rings. The Morgan fingerprint density at radius 1 is 1.43 bits per heavy atom. The fraction of sp³-hybridized carbons (Fsp3) is 0.455. The van der Waals surface area contributed by atoms with Gasteiger partial charge in [-0.25, -0.2) is 0 Å². The first-order valence-electron chi connectivity index (χ1n) is 4.92. The Morgan fingerprint density at radius 2 is 2.14 bits per heavy atom. The van der Waals surface area contributed by atoms with E-state index >= 15 is 0 Å². The summed E-state index contributed by atoms with van der Waals surface area (Å²) in [4.78, 5) is 1.40. The Balaban J connectivity index is 2.92. The zero-order valence-corrected chi connectivity index (χ0v) is 9.21. The Bertz CT molecular complexity index is 286. The molecule has 0 saturated heterocycles. The number of rotatable bonds is 4. The van der Waals surface area contributed by atoms with Crippen molar-refractivity contribution in [3.05, 3.63) is 29.8 Å². The summed E-state index contributed by atoms with van der Waals surface area (Å²) >= 11 is 0. The molecule has 0 aliphatic rings. The highest BCUT2D eigenvalue weighted by Gasteiger charge is 2.17. The van der Waals surface area contributed by atoms with Crippen molar-refractivity contribution >= 4 is 0 Å². The SMILES string of the molecule is COc1cccc([C@@H](C[NH3+])[NH+](C)C)c1. The summed E-state index contributed by atoms with van der Waals surface area (Å²) in [6.07, 6.45) is 0. The third kappa shape index (κ3) is 2.47. The average molecular weight is 196 g/mol. The van der Waals surface area contributed by atoms with Crippen LogP contribution in [0.25, 0.3) is 0 Å². The molecule has 1 rings (SSSR count). The van der Waals surface area contributed by atoms with Crippen LogP contribution in [-0.4, -0.2) is 27.7 Å². The molecular weight excluding hydrogens is 176 g/mol. The van der Waals surface area contributed by atoms with Crippen molar-refractivity contribution in [2.75, 3.05) is 27.7 Å². The fourth-order valence-corrected chi connectivity index (χ4v) is 1.65. The van der Waals surface area contributed by atoms with Gasteiger partial charge in [-0.3, -0.25) is 0 Å². The van der Waals surface area contributed by atoms with Crippen LogP contribution in [0.1, 0.15) is 11.6 Å². The van der Waals surface area contributed by atoms with Gasteiger partial charge in [-0.2, -0.15) is 0 Å². The smallest absolute Gasteiger partial charge is 0.162 e. The Labute approximate surface area is 85.5 Å². The summed E-state index contributed by atoms with van der Waals surface area (Å²) in [5.74, 6) is 0.919. The predicted octanol–water partition coefficient (Wildman–Crippen LogP) is -0.877. The summed E-state index contributed by atoms with van der Waals surface area (Å²) in [5, 5.41) is 0. The van der Waals surface area contributed by atoms with Gasteiger partial charge < -0.3 is 15.4 Å². The summed E-state index contributed by atoms with van der Waals surface area (Å²) in [7, 11) is 5.99. The largest absolute Gasteiger partial charge is 0.497 e. The van der Waals surface area contributed by atoms with Gasteiger partial charge in [0.2, 0.25) is 0 Å². The van der Waals surface area contributed by atoms with Gasteiger partial charge in [-0.15, -0.1) is 0 Å². The topological polar surface area (TPSA) is 41.3 Å². The monoisotopic (exact) mass is 196 g/mol. The van der Waals surface area contributed by atoms with Crippen molar-refractivity contribution in [3.8, 4) is 5.75 Å². The minimum atomic E-state index is 0.449. The molecule has 0 heterocycles. The molecule has 0 saturated carbocycles. The minimum Gasteiger partial charge on any atom is -0.497 e. The van der Waals surface area contributed by atoms with Crippen LogP contribution in [-0.2, 0) is 0 Å². The Morgan fingerprint density at radius 3 is 2.64 bits per heavy atom. The molecule has 0 unspecified atom stereocenters. The van der Waals surface area contributed by atoms with E-state index in [0.717, 1.165) is 12.3 Å². The van der Waals surface area contributed by atoms with Gasteiger partial charge in [0.05, 0.1) is 21.2 Å². The Hall–Kier alpha value is -1.06. The van der Waals surface area contributed by atoms with E-state index < -0.39 is 0 Å². The molecule has 0 aliphatic carbocycles. The highest BCUT2D eigenvalue weighted by atomic mass is 16.5. The first-order valence-corrected chi connectivity index (χ1v) is 4.92. The second-order valence-electron chi connectivity index (χ2n) is 3.70. The zero-order valence-electron chi connectivity index (χ0n) is 9.21.